The van der Waals surface area contributed by atoms with E-state index in [4.69, 9.17) is 4.98 Å². The topological polar surface area (TPSA) is 22.2 Å². The molecule has 0 N–H and O–H groups in total. The molecule has 9 rings (SSSR count). The fourth-order valence-corrected chi connectivity index (χ4v) is 6.64. The first-order valence-corrected chi connectivity index (χ1v) is 12.8. The minimum absolute atomic E-state index is 0.985. The first-order chi connectivity index (χ1) is 18.4. The van der Waals surface area contributed by atoms with Crippen molar-refractivity contribution in [2.24, 2.45) is 0 Å². The highest BCUT2D eigenvalue weighted by Gasteiger charge is 2.23. The number of rotatable bonds is 1. The Bertz CT molecular complexity index is 2210. The summed E-state index contributed by atoms with van der Waals surface area (Å²) in [6.07, 6.45) is 5.03. The Morgan fingerprint density at radius 2 is 1.41 bits per heavy atom. The summed E-state index contributed by atoms with van der Waals surface area (Å²) in [5.74, 6) is 0. The van der Waals surface area contributed by atoms with Crippen LogP contribution in [0.2, 0.25) is 0 Å². The van der Waals surface area contributed by atoms with Gasteiger partial charge in [-0.3, -0.25) is 4.40 Å². The van der Waals surface area contributed by atoms with Gasteiger partial charge in [-0.2, -0.15) is 0 Å². The molecule has 0 atom stereocenters. The van der Waals surface area contributed by atoms with Crippen molar-refractivity contribution in [2.45, 2.75) is 6.42 Å². The quantitative estimate of drug-likeness (QED) is 0.221. The minimum atomic E-state index is 0.985. The molecule has 8 aromatic rings. The third-order valence-electron chi connectivity index (χ3n) is 8.18. The number of aromatic nitrogens is 3. The highest BCUT2D eigenvalue weighted by molar-refractivity contribution is 6.29. The van der Waals surface area contributed by atoms with Crippen LogP contribution in [0.4, 0.5) is 0 Å². The molecule has 5 aromatic carbocycles. The number of nitrogens with zero attached hydrogens (tertiary/aromatic N) is 3. The van der Waals surface area contributed by atoms with Crippen LogP contribution >= 0.6 is 0 Å². The van der Waals surface area contributed by atoms with Gasteiger partial charge in [-0.1, -0.05) is 66.7 Å². The molecule has 0 saturated carbocycles. The van der Waals surface area contributed by atoms with Gasteiger partial charge in [0.25, 0.3) is 0 Å². The standard InChI is InChI=1S/C34H21N3/c1-2-9-23(10-3-1)37-29-13-7-6-12-26(29)32-30(37)15-14-25-28-20-27-22(18-21-8-4-5-11-24(21)27)19-31(28)36-17-16-35-34(36)33(25)32/h1-17,19-20H,18H2. The summed E-state index contributed by atoms with van der Waals surface area (Å²) < 4.78 is 4.67. The van der Waals surface area contributed by atoms with E-state index in [1.165, 1.54) is 71.4 Å². The molecule has 172 valence electrons. The van der Waals surface area contributed by atoms with Gasteiger partial charge < -0.3 is 4.57 Å². The van der Waals surface area contributed by atoms with Gasteiger partial charge in [0.1, 0.15) is 5.65 Å². The zero-order valence-electron chi connectivity index (χ0n) is 20.0. The normalized spacial score (nSPS) is 12.8. The Morgan fingerprint density at radius 3 is 2.35 bits per heavy atom. The third kappa shape index (κ3) is 2.43. The molecular weight excluding hydrogens is 450 g/mol. The van der Waals surface area contributed by atoms with E-state index in [9.17, 15) is 0 Å². The molecule has 0 bridgehead atoms. The number of hydrogen-bond acceptors (Lipinski definition) is 1. The van der Waals surface area contributed by atoms with E-state index in [1.807, 2.05) is 6.20 Å². The van der Waals surface area contributed by atoms with Gasteiger partial charge in [0, 0.05) is 39.6 Å². The molecule has 3 heterocycles. The van der Waals surface area contributed by atoms with Crippen molar-refractivity contribution in [3.8, 4) is 16.8 Å². The minimum Gasteiger partial charge on any atom is -0.309 e. The molecule has 0 unspecified atom stereocenters. The van der Waals surface area contributed by atoms with Crippen LogP contribution in [0.5, 0.6) is 0 Å². The molecule has 37 heavy (non-hydrogen) atoms. The van der Waals surface area contributed by atoms with Gasteiger partial charge in [-0.05, 0) is 70.5 Å². The van der Waals surface area contributed by atoms with Crippen LogP contribution in [0.3, 0.4) is 0 Å². The lowest BCUT2D eigenvalue weighted by Crippen LogP contribution is -1.95. The van der Waals surface area contributed by atoms with Crippen LogP contribution in [0.25, 0.3) is 65.9 Å². The van der Waals surface area contributed by atoms with E-state index in [0.717, 1.165) is 12.1 Å². The number of hydrogen-bond donors (Lipinski definition) is 0. The summed E-state index contributed by atoms with van der Waals surface area (Å²) in [4.78, 5) is 4.92. The maximum absolute atomic E-state index is 4.92. The Morgan fingerprint density at radius 1 is 0.568 bits per heavy atom. The van der Waals surface area contributed by atoms with Gasteiger partial charge in [0.05, 0.1) is 16.6 Å². The van der Waals surface area contributed by atoms with E-state index in [1.54, 1.807) is 0 Å². The number of benzene rings is 5. The van der Waals surface area contributed by atoms with Crippen LogP contribution in [-0.4, -0.2) is 14.0 Å². The molecule has 0 fully saturated rings. The summed E-state index contributed by atoms with van der Waals surface area (Å²) in [7, 11) is 0. The number of pyridine rings is 1. The molecule has 0 radical (unpaired) electrons. The molecule has 1 aliphatic rings. The lowest BCUT2D eigenvalue weighted by Gasteiger charge is -2.13. The van der Waals surface area contributed by atoms with Crippen LogP contribution in [0, 0.1) is 0 Å². The second-order valence-electron chi connectivity index (χ2n) is 10.1. The number of para-hydroxylation sites is 2. The third-order valence-corrected chi connectivity index (χ3v) is 8.18. The molecule has 1 aliphatic carbocycles. The average molecular weight is 472 g/mol. The van der Waals surface area contributed by atoms with Crippen LogP contribution in [0.15, 0.2) is 116 Å². The molecular formula is C34H21N3. The van der Waals surface area contributed by atoms with Gasteiger partial charge in [0.2, 0.25) is 0 Å². The van der Waals surface area contributed by atoms with Gasteiger partial charge >= 0.3 is 0 Å². The fraction of sp³-hybridized carbons (Fsp3) is 0.0294. The van der Waals surface area contributed by atoms with E-state index in [0.29, 0.717) is 0 Å². The first kappa shape index (κ1) is 19.3. The molecule has 0 saturated heterocycles. The SMILES string of the molecule is c1ccc(-n2c3ccccc3c3c4c(ccc32)c2cc3c(cc2n2ccnc42)Cc2ccccc2-3)cc1. The summed E-state index contributed by atoms with van der Waals surface area (Å²) in [6.45, 7) is 0. The van der Waals surface area contributed by atoms with E-state index < -0.39 is 0 Å². The highest BCUT2D eigenvalue weighted by atomic mass is 15.0. The van der Waals surface area contributed by atoms with Crippen LogP contribution < -0.4 is 0 Å². The van der Waals surface area contributed by atoms with Crippen LogP contribution in [0.1, 0.15) is 11.1 Å². The van der Waals surface area contributed by atoms with Crippen molar-refractivity contribution in [3.63, 3.8) is 0 Å². The summed E-state index contributed by atoms with van der Waals surface area (Å²) >= 11 is 0. The molecule has 0 spiro atoms. The lowest BCUT2D eigenvalue weighted by atomic mass is 9.97. The molecule has 3 nitrogen and oxygen atoms in total. The van der Waals surface area contributed by atoms with Gasteiger partial charge in [-0.25, -0.2) is 4.98 Å². The largest absolute Gasteiger partial charge is 0.309 e. The number of fused-ring (bicyclic) bond motifs is 13. The van der Waals surface area contributed by atoms with Gasteiger partial charge in [-0.15, -0.1) is 0 Å². The van der Waals surface area contributed by atoms with Gasteiger partial charge in [0.15, 0.2) is 0 Å². The van der Waals surface area contributed by atoms with Crippen LogP contribution in [-0.2, 0) is 6.42 Å². The second kappa shape index (κ2) is 6.86. The smallest absolute Gasteiger partial charge is 0.145 e. The predicted octanol–water partition coefficient (Wildman–Crippen LogP) is 8.31. The van der Waals surface area contributed by atoms with Crippen molar-refractivity contribution in [1.29, 1.82) is 0 Å². The van der Waals surface area contributed by atoms with Crippen molar-refractivity contribution in [1.82, 2.24) is 14.0 Å². The van der Waals surface area contributed by atoms with Crippen molar-refractivity contribution >= 4 is 49.1 Å². The number of imidazole rings is 1. The molecule has 3 aromatic heterocycles. The fourth-order valence-electron chi connectivity index (χ4n) is 6.64. The average Bonchev–Trinajstić information content (AvgIpc) is 3.66. The Kier molecular flexibility index (Phi) is 3.58. The second-order valence-corrected chi connectivity index (χ2v) is 10.1. The summed E-state index contributed by atoms with van der Waals surface area (Å²) in [6, 6.07) is 37.6. The Hall–Kier alpha value is -4.89. The Balaban J connectivity index is 1.51. The first-order valence-electron chi connectivity index (χ1n) is 12.8. The molecule has 3 heteroatoms. The lowest BCUT2D eigenvalue weighted by molar-refractivity contribution is 1.18. The maximum atomic E-state index is 4.92. The zero-order chi connectivity index (χ0) is 24.1. The van der Waals surface area contributed by atoms with E-state index in [-0.39, 0.29) is 0 Å². The highest BCUT2D eigenvalue weighted by Crippen LogP contribution is 2.44. The van der Waals surface area contributed by atoms with E-state index in [2.05, 4.69) is 118 Å². The maximum Gasteiger partial charge on any atom is 0.145 e. The van der Waals surface area contributed by atoms with Crippen molar-refractivity contribution in [2.75, 3.05) is 0 Å². The molecule has 0 aliphatic heterocycles. The zero-order valence-corrected chi connectivity index (χ0v) is 20.0. The van der Waals surface area contributed by atoms with Crippen molar-refractivity contribution < 1.29 is 0 Å². The Labute approximate surface area is 212 Å². The summed E-state index contributed by atoms with van der Waals surface area (Å²) in [5.41, 5.74) is 11.3. The van der Waals surface area contributed by atoms with E-state index >= 15 is 0 Å². The predicted molar refractivity (Wildman–Crippen MR) is 153 cm³/mol. The molecule has 0 amide bonds. The summed E-state index contributed by atoms with van der Waals surface area (Å²) in [5, 5.41) is 6.25. The van der Waals surface area contributed by atoms with Crippen molar-refractivity contribution in [3.05, 3.63) is 127 Å². The monoisotopic (exact) mass is 471 g/mol.